The second-order valence-corrected chi connectivity index (χ2v) is 5.38. The number of nitriles is 1. The van der Waals surface area contributed by atoms with Crippen molar-refractivity contribution in [3.63, 3.8) is 0 Å². The number of phenols is 1. The van der Waals surface area contributed by atoms with Crippen LogP contribution in [0, 0.1) is 18.3 Å². The molecule has 0 fully saturated rings. The molecule has 4 heteroatoms. The summed E-state index contributed by atoms with van der Waals surface area (Å²) in [6, 6.07) is 19.0. The van der Waals surface area contributed by atoms with Gasteiger partial charge in [-0.3, -0.25) is 4.98 Å². The van der Waals surface area contributed by atoms with Crippen LogP contribution in [0.3, 0.4) is 0 Å². The SMILES string of the molecule is COc1cc(-c2cc(-c3ccccc3)c(C#N)c(C)n2)ccc1O. The minimum Gasteiger partial charge on any atom is -0.504 e. The molecule has 0 amide bonds. The average Bonchev–Trinajstić information content (AvgIpc) is 2.62. The summed E-state index contributed by atoms with van der Waals surface area (Å²) in [5.74, 6) is 0.465. The Morgan fingerprint density at radius 2 is 1.79 bits per heavy atom. The molecule has 3 rings (SSSR count). The highest BCUT2D eigenvalue weighted by Crippen LogP contribution is 2.34. The van der Waals surface area contributed by atoms with Crippen molar-refractivity contribution >= 4 is 0 Å². The van der Waals surface area contributed by atoms with E-state index in [1.54, 1.807) is 18.2 Å². The lowest BCUT2D eigenvalue weighted by atomic mass is 9.97. The highest BCUT2D eigenvalue weighted by molar-refractivity contribution is 5.77. The number of phenolic OH excluding ortho intramolecular Hbond substituents is 1. The lowest BCUT2D eigenvalue weighted by molar-refractivity contribution is 0.373. The summed E-state index contributed by atoms with van der Waals surface area (Å²) >= 11 is 0. The van der Waals surface area contributed by atoms with Gasteiger partial charge in [0.25, 0.3) is 0 Å². The quantitative estimate of drug-likeness (QED) is 0.782. The van der Waals surface area contributed by atoms with E-state index in [4.69, 9.17) is 4.74 Å². The van der Waals surface area contributed by atoms with Gasteiger partial charge in [0.1, 0.15) is 6.07 Å². The average molecular weight is 316 g/mol. The maximum absolute atomic E-state index is 9.76. The smallest absolute Gasteiger partial charge is 0.161 e. The minimum atomic E-state index is 0.0786. The van der Waals surface area contributed by atoms with Crippen LogP contribution in [-0.2, 0) is 0 Å². The Morgan fingerprint density at radius 1 is 1.04 bits per heavy atom. The maximum atomic E-state index is 9.76. The third-order valence-corrected chi connectivity index (χ3v) is 3.87. The Morgan fingerprint density at radius 3 is 2.46 bits per heavy atom. The van der Waals surface area contributed by atoms with Crippen LogP contribution in [0.5, 0.6) is 11.5 Å². The van der Waals surface area contributed by atoms with Crippen LogP contribution >= 0.6 is 0 Å². The number of ether oxygens (including phenoxy) is 1. The molecule has 1 N–H and O–H groups in total. The zero-order valence-electron chi connectivity index (χ0n) is 13.4. The molecule has 3 aromatic rings. The molecule has 4 nitrogen and oxygen atoms in total. The van der Waals surface area contributed by atoms with Gasteiger partial charge in [-0.1, -0.05) is 30.3 Å². The Kier molecular flexibility index (Phi) is 4.17. The van der Waals surface area contributed by atoms with Gasteiger partial charge in [-0.2, -0.15) is 5.26 Å². The number of hydrogen-bond donors (Lipinski definition) is 1. The monoisotopic (exact) mass is 316 g/mol. The number of benzene rings is 2. The number of methoxy groups -OCH3 is 1. The lowest BCUT2D eigenvalue weighted by Gasteiger charge is -2.11. The largest absolute Gasteiger partial charge is 0.504 e. The molecular weight excluding hydrogens is 300 g/mol. The maximum Gasteiger partial charge on any atom is 0.161 e. The van der Waals surface area contributed by atoms with Crippen molar-refractivity contribution < 1.29 is 9.84 Å². The van der Waals surface area contributed by atoms with Crippen LogP contribution in [0.15, 0.2) is 54.6 Å². The lowest BCUT2D eigenvalue weighted by Crippen LogP contribution is -1.96. The molecule has 0 saturated carbocycles. The first-order valence-corrected chi connectivity index (χ1v) is 7.48. The van der Waals surface area contributed by atoms with E-state index in [0.717, 1.165) is 22.4 Å². The number of aryl methyl sites for hydroxylation is 1. The first-order valence-electron chi connectivity index (χ1n) is 7.48. The summed E-state index contributed by atoms with van der Waals surface area (Å²) in [6.45, 7) is 1.83. The van der Waals surface area contributed by atoms with Crippen molar-refractivity contribution in [2.45, 2.75) is 6.92 Å². The number of aromatic hydroxyl groups is 1. The van der Waals surface area contributed by atoms with Gasteiger partial charge in [-0.25, -0.2) is 0 Å². The van der Waals surface area contributed by atoms with Gasteiger partial charge >= 0.3 is 0 Å². The molecule has 0 bridgehead atoms. The fourth-order valence-electron chi connectivity index (χ4n) is 2.64. The standard InChI is InChI=1S/C20H16N2O2/c1-13-17(12-21)16(14-6-4-3-5-7-14)11-18(22-13)15-8-9-19(23)20(10-15)24-2/h3-11,23H,1-2H3. The second-order valence-electron chi connectivity index (χ2n) is 5.38. The number of nitrogens with zero attached hydrogens (tertiary/aromatic N) is 2. The highest BCUT2D eigenvalue weighted by Gasteiger charge is 2.13. The van der Waals surface area contributed by atoms with E-state index in [9.17, 15) is 10.4 Å². The number of rotatable bonds is 3. The van der Waals surface area contributed by atoms with Crippen molar-refractivity contribution in [2.75, 3.05) is 7.11 Å². The predicted molar refractivity (Wildman–Crippen MR) is 92.8 cm³/mol. The van der Waals surface area contributed by atoms with Crippen molar-refractivity contribution in [3.8, 4) is 40.0 Å². The van der Waals surface area contributed by atoms with E-state index in [1.807, 2.05) is 43.3 Å². The van der Waals surface area contributed by atoms with E-state index in [-0.39, 0.29) is 5.75 Å². The van der Waals surface area contributed by atoms with Crippen molar-refractivity contribution in [3.05, 3.63) is 65.9 Å². The Labute approximate surface area is 140 Å². The number of hydrogen-bond acceptors (Lipinski definition) is 4. The molecule has 0 aliphatic heterocycles. The third-order valence-electron chi connectivity index (χ3n) is 3.87. The van der Waals surface area contributed by atoms with Crippen LogP contribution in [0.2, 0.25) is 0 Å². The van der Waals surface area contributed by atoms with Gasteiger partial charge in [0, 0.05) is 11.1 Å². The molecule has 0 saturated heterocycles. The summed E-state index contributed by atoms with van der Waals surface area (Å²) in [5, 5.41) is 19.3. The van der Waals surface area contributed by atoms with Crippen molar-refractivity contribution in [1.29, 1.82) is 5.26 Å². The van der Waals surface area contributed by atoms with Gasteiger partial charge in [0.15, 0.2) is 11.5 Å². The normalized spacial score (nSPS) is 10.2. The Hall–Kier alpha value is -3.32. The van der Waals surface area contributed by atoms with E-state index in [0.29, 0.717) is 17.0 Å². The summed E-state index contributed by atoms with van der Waals surface area (Å²) < 4.78 is 5.17. The van der Waals surface area contributed by atoms with Crippen LogP contribution in [0.25, 0.3) is 22.4 Å². The molecule has 24 heavy (non-hydrogen) atoms. The zero-order chi connectivity index (χ0) is 17.1. The summed E-state index contributed by atoms with van der Waals surface area (Å²) in [6.07, 6.45) is 0. The summed E-state index contributed by atoms with van der Waals surface area (Å²) in [4.78, 5) is 4.55. The summed E-state index contributed by atoms with van der Waals surface area (Å²) in [7, 11) is 1.51. The Balaban J connectivity index is 2.21. The van der Waals surface area contributed by atoms with Gasteiger partial charge < -0.3 is 9.84 Å². The molecule has 1 heterocycles. The minimum absolute atomic E-state index is 0.0786. The number of aromatic nitrogens is 1. The van der Waals surface area contributed by atoms with Crippen LogP contribution in [0.1, 0.15) is 11.3 Å². The van der Waals surface area contributed by atoms with E-state index in [2.05, 4.69) is 11.1 Å². The first-order chi connectivity index (χ1) is 11.6. The van der Waals surface area contributed by atoms with Gasteiger partial charge in [0.05, 0.1) is 24.1 Å². The van der Waals surface area contributed by atoms with Gasteiger partial charge in [0.2, 0.25) is 0 Å². The first kappa shape index (κ1) is 15.6. The fourth-order valence-corrected chi connectivity index (χ4v) is 2.64. The van der Waals surface area contributed by atoms with Gasteiger partial charge in [-0.05, 0) is 36.8 Å². The predicted octanol–water partition coefficient (Wildman–Crippen LogP) is 4.31. The number of pyridine rings is 1. The molecule has 0 spiro atoms. The van der Waals surface area contributed by atoms with Crippen molar-refractivity contribution in [2.24, 2.45) is 0 Å². The molecular formula is C20H16N2O2. The van der Waals surface area contributed by atoms with Crippen molar-refractivity contribution in [1.82, 2.24) is 4.98 Å². The fraction of sp³-hybridized carbons (Fsp3) is 0.100. The Bertz CT molecular complexity index is 928. The zero-order valence-corrected chi connectivity index (χ0v) is 13.4. The molecule has 118 valence electrons. The molecule has 2 aromatic carbocycles. The second kappa shape index (κ2) is 6.43. The highest BCUT2D eigenvalue weighted by atomic mass is 16.5. The topological polar surface area (TPSA) is 66.1 Å². The van der Waals surface area contributed by atoms with Crippen LogP contribution in [-0.4, -0.2) is 17.2 Å². The van der Waals surface area contributed by atoms with E-state index >= 15 is 0 Å². The van der Waals surface area contributed by atoms with Crippen LogP contribution < -0.4 is 4.74 Å². The summed E-state index contributed by atoms with van der Waals surface area (Å²) in [5.41, 5.74) is 4.58. The van der Waals surface area contributed by atoms with E-state index in [1.165, 1.54) is 7.11 Å². The molecule has 0 atom stereocenters. The molecule has 1 aromatic heterocycles. The van der Waals surface area contributed by atoms with E-state index < -0.39 is 0 Å². The van der Waals surface area contributed by atoms with Gasteiger partial charge in [-0.15, -0.1) is 0 Å². The molecule has 0 aliphatic rings. The third kappa shape index (κ3) is 2.80. The molecule has 0 aliphatic carbocycles. The van der Waals surface area contributed by atoms with Crippen LogP contribution in [0.4, 0.5) is 0 Å². The molecule has 0 radical (unpaired) electrons. The molecule has 0 unspecified atom stereocenters.